The van der Waals surface area contributed by atoms with Gasteiger partial charge in [0.05, 0.1) is 29.8 Å². The van der Waals surface area contributed by atoms with Crippen LogP contribution in [0.25, 0.3) is 10.9 Å². The Morgan fingerprint density at radius 1 is 1.17 bits per heavy atom. The molecule has 1 aromatic heterocycles. The van der Waals surface area contributed by atoms with Crippen LogP contribution in [0.3, 0.4) is 0 Å². The van der Waals surface area contributed by atoms with Crippen LogP contribution in [0.2, 0.25) is 0 Å². The number of hydrogen-bond donors (Lipinski definition) is 1. The molecule has 0 amide bonds. The molecule has 6 nitrogen and oxygen atoms in total. The number of halogens is 4. The van der Waals surface area contributed by atoms with Crippen molar-refractivity contribution in [1.29, 1.82) is 0 Å². The molecule has 0 aliphatic heterocycles. The summed E-state index contributed by atoms with van der Waals surface area (Å²) in [5, 5.41) is 8.63. The van der Waals surface area contributed by atoms with Crippen molar-refractivity contribution in [3.63, 3.8) is 0 Å². The Kier molecular flexibility index (Phi) is 5.19. The lowest BCUT2D eigenvalue weighted by Gasteiger charge is -2.16. The fraction of sp³-hybridized carbons (Fsp3) is 0.158. The number of methoxy groups -OCH3 is 1. The van der Waals surface area contributed by atoms with Gasteiger partial charge in [-0.05, 0) is 29.8 Å². The summed E-state index contributed by atoms with van der Waals surface area (Å²) >= 11 is 0. The van der Waals surface area contributed by atoms with Crippen molar-refractivity contribution >= 4 is 17.1 Å². The minimum absolute atomic E-state index is 0.118. The minimum atomic E-state index is -4.68. The van der Waals surface area contributed by atoms with Gasteiger partial charge in [0.2, 0.25) is 5.43 Å². The second kappa shape index (κ2) is 7.46. The summed E-state index contributed by atoms with van der Waals surface area (Å²) in [7, 11) is 1.10. The molecule has 0 fully saturated rings. The van der Waals surface area contributed by atoms with Crippen LogP contribution < -0.4 is 14.9 Å². The predicted octanol–water partition coefficient (Wildman–Crippen LogP) is 4.27. The first-order chi connectivity index (χ1) is 13.6. The summed E-state index contributed by atoms with van der Waals surface area (Å²) in [5.41, 5.74) is -1.96. The quantitative estimate of drug-likeness (QED) is 0.513. The third kappa shape index (κ3) is 4.00. The maximum atomic E-state index is 14.4. The zero-order valence-corrected chi connectivity index (χ0v) is 14.8. The molecule has 10 heteroatoms. The lowest BCUT2D eigenvalue weighted by Crippen LogP contribution is -2.17. The van der Waals surface area contributed by atoms with Crippen LogP contribution in [0.4, 0.5) is 22.4 Å². The number of hydrogen-bond acceptors (Lipinski definition) is 4. The number of pyridine rings is 1. The van der Waals surface area contributed by atoms with Gasteiger partial charge in [0, 0.05) is 6.54 Å². The largest absolute Gasteiger partial charge is 0.511 e. The Hall–Kier alpha value is -3.56. The highest BCUT2D eigenvalue weighted by atomic mass is 19.4. The van der Waals surface area contributed by atoms with E-state index in [2.05, 4.69) is 4.74 Å². The topological polar surface area (TPSA) is 77.8 Å². The fourth-order valence-electron chi connectivity index (χ4n) is 2.95. The average molecular weight is 411 g/mol. The first-order valence-electron chi connectivity index (χ1n) is 8.08. The first-order valence-corrected chi connectivity index (χ1v) is 8.08. The number of carboxylic acid groups (broad SMARTS) is 1. The van der Waals surface area contributed by atoms with Gasteiger partial charge in [-0.15, -0.1) is 0 Å². The molecule has 2 aromatic carbocycles. The third-order valence-corrected chi connectivity index (χ3v) is 4.13. The molecule has 0 radical (unpaired) electrons. The molecule has 0 spiro atoms. The van der Waals surface area contributed by atoms with Crippen molar-refractivity contribution in [3.05, 3.63) is 69.8 Å². The van der Waals surface area contributed by atoms with Crippen molar-refractivity contribution in [2.75, 3.05) is 7.11 Å². The van der Waals surface area contributed by atoms with E-state index in [1.54, 1.807) is 0 Å². The molecule has 0 unspecified atom stereocenters. The highest BCUT2D eigenvalue weighted by Gasteiger charge is 2.34. The van der Waals surface area contributed by atoms with Gasteiger partial charge in [-0.2, -0.15) is 13.2 Å². The van der Waals surface area contributed by atoms with Crippen molar-refractivity contribution in [3.8, 4) is 11.5 Å². The second-order valence-electron chi connectivity index (χ2n) is 5.99. The van der Waals surface area contributed by atoms with Crippen LogP contribution >= 0.6 is 0 Å². The number of aromatic nitrogens is 1. The number of benzene rings is 2. The molecular formula is C19H13F4NO5. The van der Waals surface area contributed by atoms with E-state index in [9.17, 15) is 27.2 Å². The summed E-state index contributed by atoms with van der Waals surface area (Å²) in [6, 6.07) is 6.89. The van der Waals surface area contributed by atoms with E-state index in [0.717, 1.165) is 36.1 Å². The summed E-state index contributed by atoms with van der Waals surface area (Å²) in [5.74, 6) is -1.78. The van der Waals surface area contributed by atoms with E-state index in [-0.39, 0.29) is 28.8 Å². The highest BCUT2D eigenvalue weighted by molar-refractivity contribution is 5.81. The lowest BCUT2D eigenvalue weighted by molar-refractivity contribution is -0.138. The number of ether oxygens (including phenoxy) is 2. The summed E-state index contributed by atoms with van der Waals surface area (Å²) < 4.78 is 64.5. The first kappa shape index (κ1) is 20.2. The van der Waals surface area contributed by atoms with Crippen LogP contribution in [0, 0.1) is 5.82 Å². The number of alkyl halides is 3. The molecule has 3 rings (SSSR count). The minimum Gasteiger partial charge on any atom is -0.496 e. The predicted molar refractivity (Wildman–Crippen MR) is 93.9 cm³/mol. The number of rotatable bonds is 4. The molecule has 0 saturated heterocycles. The maximum Gasteiger partial charge on any atom is 0.511 e. The Labute approximate surface area is 160 Å². The Bertz CT molecular complexity index is 1150. The van der Waals surface area contributed by atoms with Gasteiger partial charge < -0.3 is 19.1 Å². The molecule has 152 valence electrons. The Balaban J connectivity index is 2.19. The SMILES string of the molecule is COc1ccc(Cn2cc(OC(=O)O)c(=O)c3cccc(F)c32)cc1C(F)(F)F. The third-order valence-electron chi connectivity index (χ3n) is 4.13. The molecule has 0 saturated carbocycles. The number of carbonyl (C=O) groups is 1. The van der Waals surface area contributed by atoms with E-state index >= 15 is 0 Å². The average Bonchev–Trinajstić information content (AvgIpc) is 2.64. The van der Waals surface area contributed by atoms with E-state index in [0.29, 0.717) is 0 Å². The maximum absolute atomic E-state index is 14.4. The molecule has 1 N–H and O–H groups in total. The molecule has 0 atom stereocenters. The highest BCUT2D eigenvalue weighted by Crippen LogP contribution is 2.37. The monoisotopic (exact) mass is 411 g/mol. The number of para-hydroxylation sites is 1. The summed E-state index contributed by atoms with van der Waals surface area (Å²) in [6.07, 6.45) is -5.50. The summed E-state index contributed by atoms with van der Waals surface area (Å²) in [4.78, 5) is 23.2. The van der Waals surface area contributed by atoms with Crippen molar-refractivity contribution in [1.82, 2.24) is 4.57 Å². The van der Waals surface area contributed by atoms with Crippen molar-refractivity contribution in [2.24, 2.45) is 0 Å². The van der Waals surface area contributed by atoms with Gasteiger partial charge in [0.25, 0.3) is 0 Å². The molecule has 29 heavy (non-hydrogen) atoms. The van der Waals surface area contributed by atoms with Gasteiger partial charge >= 0.3 is 12.3 Å². The van der Waals surface area contributed by atoms with Crippen molar-refractivity contribution < 1.29 is 36.9 Å². The number of fused-ring (bicyclic) bond motifs is 1. The standard InChI is InChI=1S/C19H13F4NO5/c1-28-14-6-5-10(7-12(14)19(21,22)23)8-24-9-15(29-18(26)27)17(25)11-3-2-4-13(20)16(11)24/h2-7,9H,8H2,1H3,(H,26,27). The summed E-state index contributed by atoms with van der Waals surface area (Å²) in [6.45, 7) is -0.291. The van der Waals surface area contributed by atoms with E-state index in [4.69, 9.17) is 9.84 Å². The molecular weight excluding hydrogens is 398 g/mol. The zero-order chi connectivity index (χ0) is 21.3. The number of nitrogens with zero attached hydrogens (tertiary/aromatic N) is 1. The van der Waals surface area contributed by atoms with Gasteiger partial charge in [-0.1, -0.05) is 12.1 Å². The van der Waals surface area contributed by atoms with Crippen LogP contribution in [-0.4, -0.2) is 22.9 Å². The van der Waals surface area contributed by atoms with Gasteiger partial charge in [-0.3, -0.25) is 4.79 Å². The van der Waals surface area contributed by atoms with E-state index in [1.807, 2.05) is 0 Å². The Morgan fingerprint density at radius 3 is 2.52 bits per heavy atom. The smallest absolute Gasteiger partial charge is 0.496 e. The molecule has 3 aromatic rings. The molecule has 1 heterocycles. The normalized spacial score (nSPS) is 11.5. The van der Waals surface area contributed by atoms with Crippen LogP contribution in [-0.2, 0) is 12.7 Å². The van der Waals surface area contributed by atoms with Crippen LogP contribution in [0.15, 0.2) is 47.4 Å². The van der Waals surface area contributed by atoms with Crippen LogP contribution in [0.5, 0.6) is 11.5 Å². The zero-order valence-electron chi connectivity index (χ0n) is 14.8. The van der Waals surface area contributed by atoms with Crippen LogP contribution in [0.1, 0.15) is 11.1 Å². The van der Waals surface area contributed by atoms with Gasteiger partial charge in [0.1, 0.15) is 11.6 Å². The van der Waals surface area contributed by atoms with Gasteiger partial charge in [-0.25, -0.2) is 9.18 Å². The lowest BCUT2D eigenvalue weighted by atomic mass is 10.1. The fourth-order valence-corrected chi connectivity index (χ4v) is 2.95. The second-order valence-corrected chi connectivity index (χ2v) is 5.99. The van der Waals surface area contributed by atoms with E-state index in [1.165, 1.54) is 18.2 Å². The molecule has 0 bridgehead atoms. The molecule has 0 aliphatic carbocycles. The molecule has 0 aliphatic rings. The van der Waals surface area contributed by atoms with Crippen molar-refractivity contribution in [2.45, 2.75) is 12.7 Å². The Morgan fingerprint density at radius 2 is 1.90 bits per heavy atom. The van der Waals surface area contributed by atoms with E-state index < -0.39 is 34.9 Å². The van der Waals surface area contributed by atoms with Gasteiger partial charge in [0.15, 0.2) is 5.75 Å².